The highest BCUT2D eigenvalue weighted by Gasteiger charge is 2.30. The Hall–Kier alpha value is -3.08. The van der Waals surface area contributed by atoms with Crippen molar-refractivity contribution >= 4 is 11.6 Å². The van der Waals surface area contributed by atoms with E-state index in [0.717, 1.165) is 16.9 Å². The van der Waals surface area contributed by atoms with Crippen molar-refractivity contribution in [1.82, 2.24) is 9.36 Å². The van der Waals surface area contributed by atoms with E-state index in [4.69, 9.17) is 0 Å². The van der Waals surface area contributed by atoms with Gasteiger partial charge in [-0.25, -0.2) is 4.68 Å². The summed E-state index contributed by atoms with van der Waals surface area (Å²) in [5.41, 5.74) is 2.47. The van der Waals surface area contributed by atoms with Crippen LogP contribution in [-0.4, -0.2) is 15.3 Å². The maximum absolute atomic E-state index is 13.3. The van der Waals surface area contributed by atoms with Crippen molar-refractivity contribution in [2.24, 2.45) is 0 Å². The average Bonchev–Trinajstić information content (AvgIpc) is 2.89. The second kappa shape index (κ2) is 7.27. The molecule has 27 heavy (non-hydrogen) atoms. The number of rotatable bonds is 4. The number of anilines is 1. The van der Waals surface area contributed by atoms with E-state index >= 15 is 0 Å². The van der Waals surface area contributed by atoms with Crippen LogP contribution >= 0.6 is 0 Å². The third-order valence-corrected chi connectivity index (χ3v) is 4.33. The van der Waals surface area contributed by atoms with Gasteiger partial charge in [0.05, 0.1) is 17.9 Å². The summed E-state index contributed by atoms with van der Waals surface area (Å²) in [5, 5.41) is 2.77. The summed E-state index contributed by atoms with van der Waals surface area (Å²) in [6, 6.07) is 19.6. The van der Waals surface area contributed by atoms with E-state index in [-0.39, 0.29) is 16.9 Å². The number of amides is 1. The maximum atomic E-state index is 13.3. The molecule has 5 heteroatoms. The van der Waals surface area contributed by atoms with Gasteiger partial charge in [0, 0.05) is 12.3 Å². The fourth-order valence-corrected chi connectivity index (χ4v) is 3.27. The van der Waals surface area contributed by atoms with Gasteiger partial charge in [0.1, 0.15) is 5.69 Å². The molecule has 2 aromatic carbocycles. The van der Waals surface area contributed by atoms with Crippen molar-refractivity contribution in [3.05, 3.63) is 82.3 Å². The predicted molar refractivity (Wildman–Crippen MR) is 109 cm³/mol. The average molecular weight is 363 g/mol. The number of para-hydroxylation sites is 1. The molecule has 1 amide bonds. The van der Waals surface area contributed by atoms with Gasteiger partial charge in [-0.3, -0.25) is 14.3 Å². The van der Waals surface area contributed by atoms with E-state index in [1.165, 1.54) is 6.92 Å². The number of hydrogen-bond donors (Lipinski definition) is 1. The molecule has 0 saturated heterocycles. The molecule has 0 atom stereocenters. The minimum absolute atomic E-state index is 0.206. The lowest BCUT2D eigenvalue weighted by molar-refractivity contribution is -0.114. The summed E-state index contributed by atoms with van der Waals surface area (Å²) < 4.78 is 3.62. The summed E-state index contributed by atoms with van der Waals surface area (Å²) in [6.45, 7) is 7.96. The van der Waals surface area contributed by atoms with Gasteiger partial charge in [-0.05, 0) is 17.7 Å². The Labute approximate surface area is 159 Å². The normalized spacial score (nSPS) is 11.4. The lowest BCUT2D eigenvalue weighted by Gasteiger charge is -2.24. The zero-order valence-corrected chi connectivity index (χ0v) is 16.2. The van der Waals surface area contributed by atoms with E-state index in [2.05, 4.69) is 5.32 Å². The molecular weight excluding hydrogens is 338 g/mol. The number of benzene rings is 2. The van der Waals surface area contributed by atoms with Crippen molar-refractivity contribution in [2.45, 2.75) is 39.7 Å². The number of aromatic nitrogens is 2. The molecule has 0 aliphatic carbocycles. The minimum Gasteiger partial charge on any atom is -0.320 e. The first-order valence-corrected chi connectivity index (χ1v) is 9.02. The second-order valence-corrected chi connectivity index (χ2v) is 7.65. The summed E-state index contributed by atoms with van der Waals surface area (Å²) in [5.74, 6) is -0.255. The third kappa shape index (κ3) is 3.87. The molecule has 3 rings (SSSR count). The van der Waals surface area contributed by atoms with Crippen LogP contribution in [0.3, 0.4) is 0 Å². The first-order chi connectivity index (χ1) is 12.8. The quantitative estimate of drug-likeness (QED) is 0.763. The van der Waals surface area contributed by atoms with Crippen LogP contribution in [0.4, 0.5) is 5.69 Å². The topological polar surface area (TPSA) is 56.0 Å². The van der Waals surface area contributed by atoms with Crippen LogP contribution in [-0.2, 0) is 16.8 Å². The number of hydrogen-bond acceptors (Lipinski definition) is 2. The molecule has 1 aromatic heterocycles. The fourth-order valence-electron chi connectivity index (χ4n) is 3.27. The number of carbonyl (C=O) groups is 1. The fraction of sp³-hybridized carbons (Fsp3) is 0.273. The molecular formula is C22H25N3O2. The first-order valence-electron chi connectivity index (χ1n) is 9.02. The highest BCUT2D eigenvalue weighted by Crippen LogP contribution is 2.31. The van der Waals surface area contributed by atoms with Crippen LogP contribution in [0.1, 0.15) is 39.0 Å². The molecule has 0 aliphatic heterocycles. The minimum atomic E-state index is -0.352. The van der Waals surface area contributed by atoms with Gasteiger partial charge in [0.2, 0.25) is 5.91 Å². The Bertz CT molecular complexity index is 994. The number of nitrogens with zero attached hydrogens (tertiary/aromatic N) is 2. The molecule has 0 bridgehead atoms. The molecule has 0 unspecified atom stereocenters. The van der Waals surface area contributed by atoms with Gasteiger partial charge in [-0.2, -0.15) is 0 Å². The van der Waals surface area contributed by atoms with Crippen molar-refractivity contribution in [1.29, 1.82) is 0 Å². The number of nitrogens with one attached hydrogen (secondary N) is 1. The molecule has 140 valence electrons. The molecule has 1 heterocycles. The lowest BCUT2D eigenvalue weighted by Crippen LogP contribution is -2.25. The summed E-state index contributed by atoms with van der Waals surface area (Å²) in [7, 11) is 0. The van der Waals surface area contributed by atoms with Crippen molar-refractivity contribution in [3.8, 4) is 5.69 Å². The zero-order chi connectivity index (χ0) is 19.6. The lowest BCUT2D eigenvalue weighted by atomic mass is 9.90. The highest BCUT2D eigenvalue weighted by molar-refractivity contribution is 5.89. The van der Waals surface area contributed by atoms with Crippen LogP contribution in [0, 0.1) is 0 Å². The summed E-state index contributed by atoms with van der Waals surface area (Å²) in [4.78, 5) is 25.1. The van der Waals surface area contributed by atoms with E-state index in [9.17, 15) is 9.59 Å². The van der Waals surface area contributed by atoms with Gasteiger partial charge in [0.15, 0.2) is 0 Å². The molecule has 3 aromatic rings. The van der Waals surface area contributed by atoms with Crippen LogP contribution < -0.4 is 10.9 Å². The molecule has 0 aliphatic rings. The molecule has 0 radical (unpaired) electrons. The molecule has 5 nitrogen and oxygen atoms in total. The Morgan fingerprint density at radius 1 is 0.963 bits per heavy atom. The van der Waals surface area contributed by atoms with Crippen LogP contribution in [0.25, 0.3) is 5.69 Å². The summed E-state index contributed by atoms with van der Waals surface area (Å²) >= 11 is 0. The smallest absolute Gasteiger partial charge is 0.291 e. The van der Waals surface area contributed by atoms with Gasteiger partial charge in [-0.1, -0.05) is 69.3 Å². The third-order valence-electron chi connectivity index (χ3n) is 4.33. The Morgan fingerprint density at radius 3 is 2.04 bits per heavy atom. The second-order valence-electron chi connectivity index (χ2n) is 7.65. The van der Waals surface area contributed by atoms with Crippen LogP contribution in [0.2, 0.25) is 0 Å². The monoisotopic (exact) mass is 363 g/mol. The van der Waals surface area contributed by atoms with Gasteiger partial charge in [-0.15, -0.1) is 0 Å². The zero-order valence-electron chi connectivity index (χ0n) is 16.2. The van der Waals surface area contributed by atoms with E-state index in [1.807, 2.05) is 86.1 Å². The van der Waals surface area contributed by atoms with Crippen molar-refractivity contribution < 1.29 is 4.79 Å². The summed E-state index contributed by atoms with van der Waals surface area (Å²) in [6.07, 6.45) is 0. The molecule has 0 spiro atoms. The standard InChI is InChI=1S/C22H25N3O2/c1-16(26)23-19-20(22(2,3)4)25(18-13-9-6-10-14-18)24(21(19)27)15-17-11-7-5-8-12-17/h5-14H,15H2,1-4H3,(H,23,26). The van der Waals surface area contributed by atoms with Crippen LogP contribution in [0.15, 0.2) is 65.5 Å². The largest absolute Gasteiger partial charge is 0.320 e. The Balaban J connectivity index is 2.32. The van der Waals surface area contributed by atoms with Crippen molar-refractivity contribution in [2.75, 3.05) is 5.32 Å². The van der Waals surface area contributed by atoms with Gasteiger partial charge < -0.3 is 5.32 Å². The SMILES string of the molecule is CC(=O)Nc1c(C(C)(C)C)n(-c2ccccc2)n(Cc2ccccc2)c1=O. The number of carbonyl (C=O) groups excluding carboxylic acids is 1. The molecule has 0 saturated carbocycles. The molecule has 1 N–H and O–H groups in total. The molecule has 0 fully saturated rings. The highest BCUT2D eigenvalue weighted by atomic mass is 16.2. The van der Waals surface area contributed by atoms with Gasteiger partial charge >= 0.3 is 0 Å². The Morgan fingerprint density at radius 2 is 1.52 bits per heavy atom. The van der Waals surface area contributed by atoms with E-state index < -0.39 is 0 Å². The van der Waals surface area contributed by atoms with Gasteiger partial charge in [0.25, 0.3) is 5.56 Å². The van der Waals surface area contributed by atoms with Crippen molar-refractivity contribution in [3.63, 3.8) is 0 Å². The predicted octanol–water partition coefficient (Wildman–Crippen LogP) is 3.94. The van der Waals surface area contributed by atoms with E-state index in [1.54, 1.807) is 4.68 Å². The first kappa shape index (κ1) is 18.7. The Kier molecular flexibility index (Phi) is 5.04. The van der Waals surface area contributed by atoms with Crippen LogP contribution in [0.5, 0.6) is 0 Å². The maximum Gasteiger partial charge on any atom is 0.291 e. The van der Waals surface area contributed by atoms with E-state index in [0.29, 0.717) is 12.2 Å².